The van der Waals surface area contributed by atoms with Crippen molar-refractivity contribution in [3.05, 3.63) is 56.5 Å². The fraction of sp³-hybridized carbons (Fsp3) is 0.188. The number of sulfonamides is 1. The van der Waals surface area contributed by atoms with Crippen LogP contribution in [-0.4, -0.2) is 31.7 Å². The first-order valence-electron chi connectivity index (χ1n) is 7.35. The highest BCUT2D eigenvalue weighted by Crippen LogP contribution is 2.28. The lowest BCUT2D eigenvalue weighted by Gasteiger charge is -2.21. The van der Waals surface area contributed by atoms with Crippen LogP contribution >= 0.6 is 46.4 Å². The van der Waals surface area contributed by atoms with E-state index < -0.39 is 22.5 Å². The summed E-state index contributed by atoms with van der Waals surface area (Å²) in [5.74, 6) is -0.535. The normalized spacial score (nSPS) is 11.6. The van der Waals surface area contributed by atoms with E-state index in [1.54, 1.807) is 13.0 Å². The molecule has 10 heteroatoms. The number of carbonyl (C=O) groups excluding carboxylic acids is 1. The summed E-state index contributed by atoms with van der Waals surface area (Å²) in [6, 6.07) is 8.68. The molecular weight excluding hydrogens is 442 g/mol. The molecule has 0 aliphatic heterocycles. The summed E-state index contributed by atoms with van der Waals surface area (Å²) in [5.41, 5.74) is 0.402. The first kappa shape index (κ1) is 21.3. The van der Waals surface area contributed by atoms with Crippen LogP contribution in [0.1, 0.15) is 6.92 Å². The summed E-state index contributed by atoms with van der Waals surface area (Å²) in [6.07, 6.45) is 0. The predicted molar refractivity (Wildman–Crippen MR) is 106 cm³/mol. The van der Waals surface area contributed by atoms with Gasteiger partial charge in [-0.2, -0.15) is 4.31 Å². The minimum absolute atomic E-state index is 0.0257. The molecule has 0 aliphatic rings. The average Bonchev–Trinajstić information content (AvgIpc) is 2.58. The molecule has 0 radical (unpaired) electrons. The van der Waals surface area contributed by atoms with E-state index >= 15 is 0 Å². The Labute approximate surface area is 171 Å². The number of benzene rings is 2. The van der Waals surface area contributed by atoms with Crippen molar-refractivity contribution in [3.63, 3.8) is 0 Å². The van der Waals surface area contributed by atoms with Crippen molar-refractivity contribution in [1.29, 1.82) is 0 Å². The predicted octanol–water partition coefficient (Wildman–Crippen LogP) is 4.95. The number of anilines is 1. The van der Waals surface area contributed by atoms with Crippen LogP contribution in [0.3, 0.4) is 0 Å². The van der Waals surface area contributed by atoms with Gasteiger partial charge in [-0.1, -0.05) is 53.3 Å². The third-order valence-electron chi connectivity index (χ3n) is 3.39. The summed E-state index contributed by atoms with van der Waals surface area (Å²) in [6.45, 7) is 1.28. The Hall–Kier alpha value is -1.02. The lowest BCUT2D eigenvalue weighted by Crippen LogP contribution is -2.38. The molecule has 0 unspecified atom stereocenters. The van der Waals surface area contributed by atoms with Crippen LogP contribution in [-0.2, 0) is 14.8 Å². The van der Waals surface area contributed by atoms with Crippen LogP contribution in [0.15, 0.2) is 41.3 Å². The molecule has 0 aromatic heterocycles. The van der Waals surface area contributed by atoms with E-state index in [2.05, 4.69) is 5.32 Å². The van der Waals surface area contributed by atoms with E-state index in [9.17, 15) is 13.2 Å². The average molecular weight is 456 g/mol. The van der Waals surface area contributed by atoms with Gasteiger partial charge in [0.15, 0.2) is 0 Å². The van der Waals surface area contributed by atoms with E-state index in [1.807, 2.05) is 0 Å². The Balaban J connectivity index is 2.20. The first-order chi connectivity index (χ1) is 12.1. The van der Waals surface area contributed by atoms with E-state index in [0.29, 0.717) is 10.7 Å². The molecule has 0 aliphatic carbocycles. The summed E-state index contributed by atoms with van der Waals surface area (Å²) in [4.78, 5) is 12.1. The zero-order chi connectivity index (χ0) is 19.5. The van der Waals surface area contributed by atoms with Gasteiger partial charge in [-0.05, 0) is 36.4 Å². The number of likely N-dealkylation sites (N-methyl/N-ethyl adjacent to an activating group) is 1. The molecular formula is C16H14Cl4N2O3S. The van der Waals surface area contributed by atoms with Gasteiger partial charge in [0, 0.05) is 17.3 Å². The number of halogens is 4. The number of hydrogen-bond donors (Lipinski definition) is 1. The van der Waals surface area contributed by atoms with Crippen molar-refractivity contribution >= 4 is 68.0 Å². The molecule has 1 N–H and O–H groups in total. The number of hydrogen-bond acceptors (Lipinski definition) is 3. The summed E-state index contributed by atoms with van der Waals surface area (Å²) < 4.78 is 26.6. The van der Waals surface area contributed by atoms with Crippen LogP contribution in [0.25, 0.3) is 0 Å². The molecule has 1 amide bonds. The van der Waals surface area contributed by atoms with Crippen molar-refractivity contribution in [3.8, 4) is 0 Å². The standard InChI is InChI=1S/C16H14Cl4N2O3S/c1-2-22(26(24,25)15-7-10(17)3-5-13(15)19)9-16(23)21-11-4-6-12(18)14(20)8-11/h3-8H,2,9H2,1H3,(H,21,23). The van der Waals surface area contributed by atoms with Gasteiger partial charge in [0.25, 0.3) is 0 Å². The third-order valence-corrected chi connectivity index (χ3v) is 6.76. The number of carbonyl (C=O) groups is 1. The quantitative estimate of drug-likeness (QED) is 0.669. The number of nitrogens with zero attached hydrogens (tertiary/aromatic N) is 1. The van der Waals surface area contributed by atoms with Crippen molar-refractivity contribution in [1.82, 2.24) is 4.31 Å². The molecule has 26 heavy (non-hydrogen) atoms. The van der Waals surface area contributed by atoms with Crippen LogP contribution in [0.5, 0.6) is 0 Å². The molecule has 5 nitrogen and oxygen atoms in total. The maximum Gasteiger partial charge on any atom is 0.245 e. The van der Waals surface area contributed by atoms with Crippen LogP contribution < -0.4 is 5.32 Å². The highest BCUT2D eigenvalue weighted by molar-refractivity contribution is 7.89. The third kappa shape index (κ3) is 5.03. The number of amides is 1. The van der Waals surface area contributed by atoms with Crippen LogP contribution in [0.2, 0.25) is 20.1 Å². The Morgan fingerprint density at radius 1 is 1.00 bits per heavy atom. The minimum Gasteiger partial charge on any atom is -0.325 e. The Morgan fingerprint density at radius 3 is 2.27 bits per heavy atom. The van der Waals surface area contributed by atoms with Crippen LogP contribution in [0.4, 0.5) is 5.69 Å². The maximum atomic E-state index is 12.8. The van der Waals surface area contributed by atoms with E-state index in [4.69, 9.17) is 46.4 Å². The highest BCUT2D eigenvalue weighted by Gasteiger charge is 2.27. The second-order valence-electron chi connectivity index (χ2n) is 5.18. The van der Waals surface area contributed by atoms with Crippen molar-refractivity contribution in [2.75, 3.05) is 18.4 Å². The van der Waals surface area contributed by atoms with Gasteiger partial charge < -0.3 is 5.32 Å². The maximum absolute atomic E-state index is 12.8. The largest absolute Gasteiger partial charge is 0.325 e. The van der Waals surface area contributed by atoms with E-state index in [-0.39, 0.29) is 26.5 Å². The SMILES string of the molecule is CCN(CC(=O)Nc1ccc(Cl)c(Cl)c1)S(=O)(=O)c1cc(Cl)ccc1Cl. The van der Waals surface area contributed by atoms with Gasteiger partial charge in [-0.3, -0.25) is 4.79 Å². The molecule has 0 fully saturated rings. The minimum atomic E-state index is -4.00. The van der Waals surface area contributed by atoms with Gasteiger partial charge in [0.2, 0.25) is 15.9 Å². The van der Waals surface area contributed by atoms with Gasteiger partial charge in [0.05, 0.1) is 21.6 Å². The molecule has 2 rings (SSSR count). The zero-order valence-electron chi connectivity index (χ0n) is 13.5. The monoisotopic (exact) mass is 454 g/mol. The van der Waals surface area contributed by atoms with Crippen LogP contribution in [0, 0.1) is 0 Å². The number of rotatable bonds is 6. The second kappa shape index (κ2) is 8.78. The lowest BCUT2D eigenvalue weighted by atomic mass is 10.3. The second-order valence-corrected chi connectivity index (χ2v) is 8.75. The summed E-state index contributed by atoms with van der Waals surface area (Å²) in [7, 11) is -4.00. The van der Waals surface area contributed by atoms with Gasteiger partial charge in [-0.15, -0.1) is 0 Å². The fourth-order valence-electron chi connectivity index (χ4n) is 2.12. The molecule has 0 spiro atoms. The van der Waals surface area contributed by atoms with Crippen molar-refractivity contribution in [2.24, 2.45) is 0 Å². The Bertz CT molecular complexity index is 935. The van der Waals surface area contributed by atoms with Gasteiger partial charge >= 0.3 is 0 Å². The van der Waals surface area contributed by atoms with Crippen molar-refractivity contribution in [2.45, 2.75) is 11.8 Å². The first-order valence-corrected chi connectivity index (χ1v) is 10.3. The molecule has 2 aromatic carbocycles. The molecule has 0 bridgehead atoms. The molecule has 2 aromatic rings. The Morgan fingerprint density at radius 2 is 1.65 bits per heavy atom. The highest BCUT2D eigenvalue weighted by atomic mass is 35.5. The lowest BCUT2D eigenvalue weighted by molar-refractivity contribution is -0.116. The molecule has 0 saturated carbocycles. The molecule has 0 atom stereocenters. The number of nitrogens with one attached hydrogen (secondary N) is 1. The van der Waals surface area contributed by atoms with Gasteiger partial charge in [-0.25, -0.2) is 8.42 Å². The topological polar surface area (TPSA) is 66.5 Å². The van der Waals surface area contributed by atoms with E-state index in [0.717, 1.165) is 4.31 Å². The molecule has 140 valence electrons. The zero-order valence-corrected chi connectivity index (χ0v) is 17.3. The Kier molecular flexibility index (Phi) is 7.19. The van der Waals surface area contributed by atoms with Crippen molar-refractivity contribution < 1.29 is 13.2 Å². The summed E-state index contributed by atoms with van der Waals surface area (Å²) in [5, 5.41) is 3.45. The van der Waals surface area contributed by atoms with E-state index in [1.165, 1.54) is 30.3 Å². The summed E-state index contributed by atoms with van der Waals surface area (Å²) >= 11 is 23.6. The fourth-order valence-corrected chi connectivity index (χ4v) is 4.56. The molecule has 0 saturated heterocycles. The smallest absolute Gasteiger partial charge is 0.245 e. The molecule has 0 heterocycles. The van der Waals surface area contributed by atoms with Gasteiger partial charge in [0.1, 0.15) is 4.90 Å².